The summed E-state index contributed by atoms with van der Waals surface area (Å²) in [6, 6.07) is 13.4. The molecular formula is C22H25N5O2S2. The smallest absolute Gasteiger partial charge is 0.242 e. The van der Waals surface area contributed by atoms with Crippen LogP contribution >= 0.6 is 11.3 Å². The van der Waals surface area contributed by atoms with E-state index in [1.165, 1.54) is 28.1 Å². The first-order chi connectivity index (χ1) is 14.9. The van der Waals surface area contributed by atoms with Crippen molar-refractivity contribution in [2.45, 2.75) is 30.2 Å². The number of hydrogen-bond donors (Lipinski definition) is 1. The van der Waals surface area contributed by atoms with Crippen molar-refractivity contribution in [2.75, 3.05) is 27.2 Å². The number of piperidine rings is 1. The van der Waals surface area contributed by atoms with Gasteiger partial charge in [-0.25, -0.2) is 22.7 Å². The molecule has 0 saturated carbocycles. The number of likely N-dealkylation sites (tertiary alicyclic amines) is 1. The molecule has 0 atom stereocenters. The Morgan fingerprint density at radius 1 is 1.10 bits per heavy atom. The zero-order valence-corrected chi connectivity index (χ0v) is 19.2. The van der Waals surface area contributed by atoms with Crippen molar-refractivity contribution in [3.63, 3.8) is 0 Å². The second-order valence-corrected chi connectivity index (χ2v) is 11.4. The van der Waals surface area contributed by atoms with Gasteiger partial charge in [-0.1, -0.05) is 12.1 Å². The maximum absolute atomic E-state index is 12.4. The van der Waals surface area contributed by atoms with Crippen molar-refractivity contribution >= 4 is 42.6 Å². The van der Waals surface area contributed by atoms with E-state index in [2.05, 4.69) is 33.1 Å². The van der Waals surface area contributed by atoms with Crippen LogP contribution < -0.4 is 0 Å². The van der Waals surface area contributed by atoms with Gasteiger partial charge < -0.3 is 4.98 Å². The second-order valence-electron chi connectivity index (χ2n) is 8.22. The number of imidazole rings is 1. The second kappa shape index (κ2) is 7.98. The molecule has 0 aliphatic carbocycles. The Morgan fingerprint density at radius 3 is 2.61 bits per heavy atom. The van der Waals surface area contributed by atoms with Gasteiger partial charge in [0.15, 0.2) is 0 Å². The molecule has 2 aromatic heterocycles. The number of para-hydroxylation sites is 1. The monoisotopic (exact) mass is 455 g/mol. The lowest BCUT2D eigenvalue weighted by Gasteiger charge is -2.30. The number of H-pyrrole nitrogens is 1. The first-order valence-corrected chi connectivity index (χ1v) is 12.6. The molecule has 1 N–H and O–H groups in total. The summed E-state index contributed by atoms with van der Waals surface area (Å²) in [6.45, 7) is 2.73. The fraction of sp³-hybridized carbons (Fsp3) is 0.364. The van der Waals surface area contributed by atoms with Gasteiger partial charge >= 0.3 is 0 Å². The van der Waals surface area contributed by atoms with Crippen molar-refractivity contribution in [3.8, 4) is 0 Å². The number of benzene rings is 2. The minimum Gasteiger partial charge on any atom is -0.341 e. The average Bonchev–Trinajstić information content (AvgIpc) is 3.37. The third kappa shape index (κ3) is 3.98. The summed E-state index contributed by atoms with van der Waals surface area (Å²) in [6.07, 6.45) is 2.18. The van der Waals surface area contributed by atoms with Crippen molar-refractivity contribution in [1.82, 2.24) is 24.2 Å². The summed E-state index contributed by atoms with van der Waals surface area (Å²) in [5.41, 5.74) is 2.64. The number of hydrogen-bond acceptors (Lipinski definition) is 6. The molecule has 0 unspecified atom stereocenters. The summed E-state index contributed by atoms with van der Waals surface area (Å²) in [5, 5.41) is 1.25. The van der Waals surface area contributed by atoms with Crippen LogP contribution in [0.5, 0.6) is 0 Å². The van der Waals surface area contributed by atoms with Gasteiger partial charge in [-0.05, 0) is 56.3 Å². The minimum atomic E-state index is -3.46. The van der Waals surface area contributed by atoms with E-state index in [0.29, 0.717) is 5.92 Å². The van der Waals surface area contributed by atoms with Gasteiger partial charge in [0, 0.05) is 20.0 Å². The molecule has 9 heteroatoms. The van der Waals surface area contributed by atoms with Gasteiger partial charge in [0.1, 0.15) is 5.82 Å². The topological polar surface area (TPSA) is 82.2 Å². The first kappa shape index (κ1) is 20.6. The Kier molecular flexibility index (Phi) is 5.29. The molecule has 1 aliphatic rings. The number of aromatic amines is 1. The molecule has 31 heavy (non-hydrogen) atoms. The van der Waals surface area contributed by atoms with Crippen LogP contribution in [0.25, 0.3) is 21.3 Å². The molecule has 5 rings (SSSR count). The molecule has 162 valence electrons. The lowest BCUT2D eigenvalue weighted by Crippen LogP contribution is -2.32. The molecule has 7 nitrogen and oxygen atoms in total. The van der Waals surface area contributed by atoms with Crippen molar-refractivity contribution in [3.05, 3.63) is 53.3 Å². The van der Waals surface area contributed by atoms with Gasteiger partial charge in [0.2, 0.25) is 10.0 Å². The van der Waals surface area contributed by atoms with Crippen LogP contribution in [0.1, 0.15) is 29.6 Å². The van der Waals surface area contributed by atoms with E-state index in [4.69, 9.17) is 4.98 Å². The van der Waals surface area contributed by atoms with Crippen molar-refractivity contribution < 1.29 is 8.42 Å². The molecule has 2 aromatic carbocycles. The van der Waals surface area contributed by atoms with E-state index in [9.17, 15) is 8.42 Å². The highest BCUT2D eigenvalue weighted by Crippen LogP contribution is 2.34. The zero-order valence-electron chi connectivity index (χ0n) is 17.6. The highest BCUT2D eigenvalue weighted by atomic mass is 32.2. The Labute approximate surface area is 185 Å². The number of thiazole rings is 1. The van der Waals surface area contributed by atoms with Gasteiger partial charge in [0.25, 0.3) is 0 Å². The normalized spacial score (nSPS) is 16.6. The first-order valence-electron chi connectivity index (χ1n) is 10.4. The van der Waals surface area contributed by atoms with Crippen molar-refractivity contribution in [1.29, 1.82) is 0 Å². The fourth-order valence-electron chi connectivity index (χ4n) is 4.10. The molecule has 0 spiro atoms. The van der Waals surface area contributed by atoms with Crippen LogP contribution in [0.15, 0.2) is 47.4 Å². The van der Waals surface area contributed by atoms with E-state index in [1.807, 2.05) is 17.4 Å². The molecule has 3 heterocycles. The number of nitrogens with zero attached hydrogens (tertiary/aromatic N) is 4. The van der Waals surface area contributed by atoms with Gasteiger partial charge in [-0.2, -0.15) is 0 Å². The van der Waals surface area contributed by atoms with E-state index >= 15 is 0 Å². The molecule has 0 amide bonds. The third-order valence-electron chi connectivity index (χ3n) is 5.90. The van der Waals surface area contributed by atoms with Gasteiger partial charge in [-0.3, -0.25) is 4.90 Å². The zero-order chi connectivity index (χ0) is 21.6. The fourth-order valence-corrected chi connectivity index (χ4v) is 6.17. The quantitative estimate of drug-likeness (QED) is 0.495. The predicted molar refractivity (Wildman–Crippen MR) is 124 cm³/mol. The van der Waals surface area contributed by atoms with Crippen LogP contribution in [0.2, 0.25) is 0 Å². The van der Waals surface area contributed by atoms with Crippen LogP contribution in [0.4, 0.5) is 0 Å². The number of fused-ring (bicyclic) bond motifs is 2. The maximum Gasteiger partial charge on any atom is 0.242 e. The summed E-state index contributed by atoms with van der Waals surface area (Å²) >= 11 is 1.82. The Balaban J connectivity index is 1.26. The predicted octanol–water partition coefficient (Wildman–Crippen LogP) is 3.80. The number of nitrogens with one attached hydrogen (secondary N) is 1. The summed E-state index contributed by atoms with van der Waals surface area (Å²) in [4.78, 5) is 15.5. The lowest BCUT2D eigenvalue weighted by molar-refractivity contribution is 0.201. The highest BCUT2D eigenvalue weighted by molar-refractivity contribution is 7.89. The third-order valence-corrected chi connectivity index (χ3v) is 8.91. The van der Waals surface area contributed by atoms with Crippen LogP contribution in [0, 0.1) is 0 Å². The Morgan fingerprint density at radius 2 is 1.87 bits per heavy atom. The largest absolute Gasteiger partial charge is 0.341 e. The highest BCUT2D eigenvalue weighted by Gasteiger charge is 2.24. The standard InChI is InChI=1S/C22H25N5O2S2/c1-26(2)31(28,29)16-7-8-17-19(13-16)24-21(23-17)14-27-11-9-15(10-12-27)22-25-18-5-3-4-6-20(18)30-22/h3-8,13,15H,9-12,14H2,1-2H3,(H,23,24). The molecule has 1 fully saturated rings. The molecule has 0 bridgehead atoms. The van der Waals surface area contributed by atoms with E-state index < -0.39 is 10.0 Å². The SMILES string of the molecule is CN(C)S(=O)(=O)c1ccc2nc(CN3CCC(c4nc5ccccc5s4)CC3)[nH]c2c1. The Hall–Kier alpha value is -2.33. The minimum absolute atomic E-state index is 0.275. The average molecular weight is 456 g/mol. The van der Waals surface area contributed by atoms with E-state index in [-0.39, 0.29) is 4.90 Å². The molecule has 4 aromatic rings. The van der Waals surface area contributed by atoms with Crippen molar-refractivity contribution in [2.24, 2.45) is 0 Å². The number of aromatic nitrogens is 3. The van der Waals surface area contributed by atoms with E-state index in [0.717, 1.165) is 54.9 Å². The number of sulfonamides is 1. The van der Waals surface area contributed by atoms with Crippen LogP contribution in [-0.4, -0.2) is 59.8 Å². The van der Waals surface area contributed by atoms with Gasteiger partial charge in [0.05, 0.1) is 37.7 Å². The summed E-state index contributed by atoms with van der Waals surface area (Å²) in [5.74, 6) is 1.39. The summed E-state index contributed by atoms with van der Waals surface area (Å²) < 4.78 is 27.3. The molecule has 1 saturated heterocycles. The molecular weight excluding hydrogens is 430 g/mol. The van der Waals surface area contributed by atoms with Gasteiger partial charge in [-0.15, -0.1) is 11.3 Å². The summed E-state index contributed by atoms with van der Waals surface area (Å²) in [7, 11) is -0.383. The van der Waals surface area contributed by atoms with E-state index in [1.54, 1.807) is 18.2 Å². The molecule has 0 radical (unpaired) electrons. The van der Waals surface area contributed by atoms with Crippen LogP contribution in [0.3, 0.4) is 0 Å². The maximum atomic E-state index is 12.4. The number of rotatable bonds is 5. The molecule has 1 aliphatic heterocycles. The Bertz CT molecular complexity index is 1300. The lowest BCUT2D eigenvalue weighted by atomic mass is 9.97. The van der Waals surface area contributed by atoms with Crippen LogP contribution in [-0.2, 0) is 16.6 Å².